The summed E-state index contributed by atoms with van der Waals surface area (Å²) in [5.74, 6) is 0. The fraction of sp³-hybridized carbons (Fsp3) is 0.333. The Labute approximate surface area is 67.7 Å². The zero-order valence-corrected chi connectivity index (χ0v) is 6.88. The van der Waals surface area contributed by atoms with Crippen molar-refractivity contribution in [2.24, 2.45) is 5.73 Å². The lowest BCUT2D eigenvalue weighted by Crippen LogP contribution is -2.04. The van der Waals surface area contributed by atoms with E-state index < -0.39 is 0 Å². The van der Waals surface area contributed by atoms with Crippen LogP contribution in [0.2, 0.25) is 0 Å². The van der Waals surface area contributed by atoms with Gasteiger partial charge < -0.3 is 5.73 Å². The standard InChI is InChI=1S/C6H8N4S/c1-4(7)5-2-10-6(9-5)11-3-8-10/h2-4H,7H2,1H3/t4-/m0/s1. The molecule has 2 N–H and O–H groups in total. The lowest BCUT2D eigenvalue weighted by atomic mass is 10.3. The number of hydrogen-bond acceptors (Lipinski definition) is 4. The first-order chi connectivity index (χ1) is 5.27. The maximum Gasteiger partial charge on any atom is 0.212 e. The number of nitrogens with two attached hydrogens (primary N) is 1. The summed E-state index contributed by atoms with van der Waals surface area (Å²) in [5.41, 5.74) is 8.29. The van der Waals surface area contributed by atoms with Gasteiger partial charge in [0.25, 0.3) is 0 Å². The predicted molar refractivity (Wildman–Crippen MR) is 43.5 cm³/mol. The summed E-state index contributed by atoms with van der Waals surface area (Å²) in [4.78, 5) is 5.17. The number of imidazole rings is 1. The lowest BCUT2D eigenvalue weighted by Gasteiger charge is -1.95. The molecule has 1 atom stereocenters. The lowest BCUT2D eigenvalue weighted by molar-refractivity contribution is 0.787. The van der Waals surface area contributed by atoms with Crippen LogP contribution in [0.15, 0.2) is 11.7 Å². The molecule has 0 saturated carbocycles. The van der Waals surface area contributed by atoms with Crippen LogP contribution in [0.4, 0.5) is 0 Å². The quantitative estimate of drug-likeness (QED) is 0.685. The molecule has 0 saturated heterocycles. The van der Waals surface area contributed by atoms with Crippen LogP contribution in [0, 0.1) is 0 Å². The molecule has 2 aromatic rings. The Bertz CT molecular complexity index is 333. The Morgan fingerprint density at radius 1 is 1.73 bits per heavy atom. The van der Waals surface area contributed by atoms with Crippen molar-refractivity contribution in [2.75, 3.05) is 0 Å². The third-order valence-electron chi connectivity index (χ3n) is 1.47. The number of nitrogens with zero attached hydrogens (tertiary/aromatic N) is 3. The number of aromatic nitrogens is 3. The van der Waals surface area contributed by atoms with Gasteiger partial charge in [-0.05, 0) is 6.92 Å². The van der Waals surface area contributed by atoms with Crippen LogP contribution in [0.25, 0.3) is 4.96 Å². The molecule has 2 aromatic heterocycles. The van der Waals surface area contributed by atoms with Crippen molar-refractivity contribution in [3.63, 3.8) is 0 Å². The molecule has 0 aromatic carbocycles. The van der Waals surface area contributed by atoms with Gasteiger partial charge in [0.1, 0.15) is 5.51 Å². The molecule has 2 heterocycles. The van der Waals surface area contributed by atoms with E-state index in [4.69, 9.17) is 5.73 Å². The molecule has 11 heavy (non-hydrogen) atoms. The molecule has 0 radical (unpaired) electrons. The van der Waals surface area contributed by atoms with Gasteiger partial charge in [0, 0.05) is 6.04 Å². The van der Waals surface area contributed by atoms with E-state index in [0.29, 0.717) is 0 Å². The highest BCUT2D eigenvalue weighted by atomic mass is 32.1. The van der Waals surface area contributed by atoms with E-state index in [2.05, 4.69) is 10.1 Å². The van der Waals surface area contributed by atoms with Gasteiger partial charge in [0.05, 0.1) is 11.9 Å². The number of rotatable bonds is 1. The maximum atomic E-state index is 5.64. The van der Waals surface area contributed by atoms with Crippen molar-refractivity contribution in [2.45, 2.75) is 13.0 Å². The molecule has 5 heteroatoms. The van der Waals surface area contributed by atoms with Gasteiger partial charge in [-0.1, -0.05) is 11.3 Å². The molecular weight excluding hydrogens is 160 g/mol. The highest BCUT2D eigenvalue weighted by molar-refractivity contribution is 7.14. The van der Waals surface area contributed by atoms with E-state index in [0.717, 1.165) is 10.7 Å². The SMILES string of the molecule is C[C@H](N)c1cn2ncsc2n1. The Balaban J connectivity index is 2.58. The molecule has 0 aliphatic carbocycles. The fourth-order valence-corrected chi connectivity index (χ4v) is 1.48. The Morgan fingerprint density at radius 2 is 2.55 bits per heavy atom. The third-order valence-corrected chi connectivity index (χ3v) is 2.16. The molecule has 0 aliphatic rings. The van der Waals surface area contributed by atoms with Gasteiger partial charge in [-0.3, -0.25) is 0 Å². The summed E-state index contributed by atoms with van der Waals surface area (Å²) in [6.07, 6.45) is 1.86. The first kappa shape index (κ1) is 6.75. The second-order valence-electron chi connectivity index (χ2n) is 2.42. The molecule has 0 unspecified atom stereocenters. The highest BCUT2D eigenvalue weighted by Gasteiger charge is 2.05. The number of fused-ring (bicyclic) bond motifs is 1. The summed E-state index contributed by atoms with van der Waals surface area (Å²) in [7, 11) is 0. The summed E-state index contributed by atoms with van der Waals surface area (Å²) < 4.78 is 1.74. The van der Waals surface area contributed by atoms with E-state index in [9.17, 15) is 0 Å². The van der Waals surface area contributed by atoms with Gasteiger partial charge in [-0.2, -0.15) is 5.10 Å². The van der Waals surface area contributed by atoms with Gasteiger partial charge in [-0.15, -0.1) is 0 Å². The van der Waals surface area contributed by atoms with E-state index in [1.807, 2.05) is 13.1 Å². The smallest absolute Gasteiger partial charge is 0.212 e. The van der Waals surface area contributed by atoms with Crippen molar-refractivity contribution in [1.29, 1.82) is 0 Å². The topological polar surface area (TPSA) is 56.2 Å². The van der Waals surface area contributed by atoms with Gasteiger partial charge in [0.2, 0.25) is 4.96 Å². The molecular formula is C6H8N4S. The van der Waals surface area contributed by atoms with Gasteiger partial charge >= 0.3 is 0 Å². The molecule has 0 amide bonds. The zero-order chi connectivity index (χ0) is 7.84. The van der Waals surface area contributed by atoms with Crippen molar-refractivity contribution >= 4 is 16.3 Å². The molecule has 0 fully saturated rings. The summed E-state index contributed by atoms with van der Waals surface area (Å²) in [6, 6.07) is -0.0103. The maximum absolute atomic E-state index is 5.64. The van der Waals surface area contributed by atoms with Crippen molar-refractivity contribution in [3.05, 3.63) is 17.4 Å². The van der Waals surface area contributed by atoms with Crippen molar-refractivity contribution in [1.82, 2.24) is 14.6 Å². The van der Waals surface area contributed by atoms with E-state index >= 15 is 0 Å². The Hall–Kier alpha value is -0.940. The first-order valence-corrected chi connectivity index (χ1v) is 4.19. The largest absolute Gasteiger partial charge is 0.323 e. The summed E-state index contributed by atoms with van der Waals surface area (Å²) in [6.45, 7) is 1.91. The van der Waals surface area contributed by atoms with Crippen LogP contribution in [-0.2, 0) is 0 Å². The first-order valence-electron chi connectivity index (χ1n) is 3.32. The molecule has 58 valence electrons. The van der Waals surface area contributed by atoms with E-state index in [1.54, 1.807) is 10.0 Å². The molecule has 2 rings (SSSR count). The Kier molecular flexibility index (Phi) is 1.40. The van der Waals surface area contributed by atoms with Crippen molar-refractivity contribution < 1.29 is 0 Å². The van der Waals surface area contributed by atoms with Crippen LogP contribution in [0.1, 0.15) is 18.7 Å². The summed E-state index contributed by atoms with van der Waals surface area (Å²) in [5, 5.41) is 4.04. The van der Waals surface area contributed by atoms with E-state index in [1.165, 1.54) is 11.3 Å². The van der Waals surface area contributed by atoms with Crippen LogP contribution >= 0.6 is 11.3 Å². The highest BCUT2D eigenvalue weighted by Crippen LogP contribution is 2.12. The minimum absolute atomic E-state index is 0.0103. The fourth-order valence-electron chi connectivity index (χ4n) is 0.875. The van der Waals surface area contributed by atoms with E-state index in [-0.39, 0.29) is 6.04 Å². The monoisotopic (exact) mass is 168 g/mol. The molecule has 0 spiro atoms. The second-order valence-corrected chi connectivity index (χ2v) is 3.23. The van der Waals surface area contributed by atoms with Crippen LogP contribution in [-0.4, -0.2) is 14.6 Å². The minimum Gasteiger partial charge on any atom is -0.323 e. The number of hydrogen-bond donors (Lipinski definition) is 1. The van der Waals surface area contributed by atoms with Crippen LogP contribution in [0.3, 0.4) is 0 Å². The Morgan fingerprint density at radius 3 is 3.18 bits per heavy atom. The average molecular weight is 168 g/mol. The minimum atomic E-state index is -0.0103. The normalized spacial score (nSPS) is 14.0. The van der Waals surface area contributed by atoms with Crippen LogP contribution < -0.4 is 5.73 Å². The average Bonchev–Trinajstić information content (AvgIpc) is 2.40. The molecule has 0 bridgehead atoms. The van der Waals surface area contributed by atoms with Crippen molar-refractivity contribution in [3.8, 4) is 0 Å². The second kappa shape index (κ2) is 2.28. The predicted octanol–water partition coefficient (Wildman–Crippen LogP) is 0.810. The molecule has 4 nitrogen and oxygen atoms in total. The zero-order valence-electron chi connectivity index (χ0n) is 6.06. The van der Waals surface area contributed by atoms with Crippen LogP contribution in [0.5, 0.6) is 0 Å². The third kappa shape index (κ3) is 1.02. The summed E-state index contributed by atoms with van der Waals surface area (Å²) >= 11 is 1.51. The van der Waals surface area contributed by atoms with Gasteiger partial charge in [0.15, 0.2) is 0 Å². The van der Waals surface area contributed by atoms with Gasteiger partial charge in [-0.25, -0.2) is 9.50 Å². The molecule has 0 aliphatic heterocycles.